The standard InChI is InChI=1S/C17H24N2O2S/c1-14-2-4-15(5-3-14)16-13-22-11-8-19(16)12-17(20)18-6-9-21-10-7-18/h2-5,16H,6-13H2,1H3/t16-/m0/s1. The quantitative estimate of drug-likeness (QED) is 0.852. The van der Waals surface area contributed by atoms with Crippen LogP contribution in [0.3, 0.4) is 0 Å². The number of carbonyl (C=O) groups excluding carboxylic acids is 1. The Balaban J connectivity index is 1.66. The lowest BCUT2D eigenvalue weighted by atomic mass is 10.0. The Kier molecular flexibility index (Phi) is 5.39. The van der Waals surface area contributed by atoms with Gasteiger partial charge in [0.1, 0.15) is 0 Å². The Morgan fingerprint density at radius 1 is 1.23 bits per heavy atom. The second-order valence-corrected chi connectivity index (χ2v) is 7.11. The Bertz CT molecular complexity index is 500. The molecule has 2 aliphatic heterocycles. The van der Waals surface area contributed by atoms with Crippen LogP contribution in [-0.2, 0) is 9.53 Å². The van der Waals surface area contributed by atoms with Gasteiger partial charge in [-0.2, -0.15) is 11.8 Å². The molecule has 2 aliphatic rings. The molecule has 1 atom stereocenters. The van der Waals surface area contributed by atoms with Gasteiger partial charge in [0, 0.05) is 37.2 Å². The van der Waals surface area contributed by atoms with E-state index in [1.165, 1.54) is 11.1 Å². The molecule has 2 saturated heterocycles. The maximum Gasteiger partial charge on any atom is 0.236 e. The number of thioether (sulfide) groups is 1. The van der Waals surface area contributed by atoms with Gasteiger partial charge in [0.25, 0.3) is 0 Å². The van der Waals surface area contributed by atoms with Crippen molar-refractivity contribution in [1.82, 2.24) is 9.80 Å². The fourth-order valence-electron chi connectivity index (χ4n) is 3.01. The maximum absolute atomic E-state index is 12.5. The summed E-state index contributed by atoms with van der Waals surface area (Å²) in [5, 5.41) is 0. The number of ether oxygens (including phenoxy) is 1. The number of carbonyl (C=O) groups is 1. The van der Waals surface area contributed by atoms with Crippen LogP contribution in [0.2, 0.25) is 0 Å². The van der Waals surface area contributed by atoms with Gasteiger partial charge in [-0.25, -0.2) is 0 Å². The zero-order valence-electron chi connectivity index (χ0n) is 13.2. The third-order valence-corrected chi connectivity index (χ3v) is 5.43. The zero-order valence-corrected chi connectivity index (χ0v) is 14.0. The molecule has 1 aromatic rings. The molecule has 0 aromatic heterocycles. The molecular weight excluding hydrogens is 296 g/mol. The van der Waals surface area contributed by atoms with Gasteiger partial charge in [-0.3, -0.25) is 9.69 Å². The monoisotopic (exact) mass is 320 g/mol. The van der Waals surface area contributed by atoms with Crippen LogP contribution in [0.25, 0.3) is 0 Å². The number of hydrogen-bond acceptors (Lipinski definition) is 4. The van der Waals surface area contributed by atoms with E-state index in [9.17, 15) is 4.79 Å². The molecule has 0 N–H and O–H groups in total. The van der Waals surface area contributed by atoms with Crippen molar-refractivity contribution >= 4 is 17.7 Å². The molecule has 120 valence electrons. The van der Waals surface area contributed by atoms with E-state index in [0.29, 0.717) is 25.8 Å². The smallest absolute Gasteiger partial charge is 0.236 e. The van der Waals surface area contributed by atoms with Crippen LogP contribution in [0.1, 0.15) is 17.2 Å². The van der Waals surface area contributed by atoms with Crippen LogP contribution >= 0.6 is 11.8 Å². The Labute approximate surface area is 136 Å². The molecule has 2 heterocycles. The van der Waals surface area contributed by atoms with Gasteiger partial charge in [-0.15, -0.1) is 0 Å². The fraction of sp³-hybridized carbons (Fsp3) is 0.588. The lowest BCUT2D eigenvalue weighted by molar-refractivity contribution is -0.137. The normalized spacial score (nSPS) is 23.5. The number of benzene rings is 1. The lowest BCUT2D eigenvalue weighted by Crippen LogP contribution is -2.48. The molecule has 0 unspecified atom stereocenters. The molecule has 5 heteroatoms. The van der Waals surface area contributed by atoms with E-state index < -0.39 is 0 Å². The predicted molar refractivity (Wildman–Crippen MR) is 90.2 cm³/mol. The third-order valence-electron chi connectivity index (χ3n) is 4.40. The van der Waals surface area contributed by atoms with Crippen molar-refractivity contribution in [2.24, 2.45) is 0 Å². The summed E-state index contributed by atoms with van der Waals surface area (Å²) in [5.41, 5.74) is 2.61. The highest BCUT2D eigenvalue weighted by Crippen LogP contribution is 2.29. The minimum atomic E-state index is 0.243. The Morgan fingerprint density at radius 2 is 1.95 bits per heavy atom. The van der Waals surface area contributed by atoms with Gasteiger partial charge >= 0.3 is 0 Å². The van der Waals surface area contributed by atoms with Gasteiger partial charge < -0.3 is 9.64 Å². The average Bonchev–Trinajstić information content (AvgIpc) is 2.57. The van der Waals surface area contributed by atoms with Crippen molar-refractivity contribution in [3.63, 3.8) is 0 Å². The van der Waals surface area contributed by atoms with Gasteiger partial charge in [-0.1, -0.05) is 29.8 Å². The van der Waals surface area contributed by atoms with E-state index in [0.717, 1.165) is 31.1 Å². The summed E-state index contributed by atoms with van der Waals surface area (Å²) >= 11 is 1.98. The van der Waals surface area contributed by atoms with Gasteiger partial charge in [-0.05, 0) is 12.5 Å². The van der Waals surface area contributed by atoms with E-state index in [1.54, 1.807) is 0 Å². The minimum Gasteiger partial charge on any atom is -0.378 e. The first kappa shape index (κ1) is 15.8. The first-order valence-electron chi connectivity index (χ1n) is 7.98. The first-order valence-corrected chi connectivity index (χ1v) is 9.13. The van der Waals surface area contributed by atoms with Crippen molar-refractivity contribution < 1.29 is 9.53 Å². The van der Waals surface area contributed by atoms with Crippen molar-refractivity contribution in [2.45, 2.75) is 13.0 Å². The number of amides is 1. The minimum absolute atomic E-state index is 0.243. The second-order valence-electron chi connectivity index (χ2n) is 5.97. The van der Waals surface area contributed by atoms with E-state index >= 15 is 0 Å². The number of morpholine rings is 1. The molecule has 0 saturated carbocycles. The predicted octanol–water partition coefficient (Wildman–Crippen LogP) is 1.94. The molecule has 0 radical (unpaired) electrons. The van der Waals surface area contributed by atoms with Crippen molar-refractivity contribution in [3.05, 3.63) is 35.4 Å². The van der Waals surface area contributed by atoms with Crippen LogP contribution in [0.4, 0.5) is 0 Å². The molecule has 1 aromatic carbocycles. The highest BCUT2D eigenvalue weighted by Gasteiger charge is 2.28. The highest BCUT2D eigenvalue weighted by molar-refractivity contribution is 7.99. The summed E-state index contributed by atoms with van der Waals surface area (Å²) in [4.78, 5) is 16.8. The Morgan fingerprint density at radius 3 is 2.68 bits per heavy atom. The van der Waals surface area contributed by atoms with Crippen LogP contribution in [0, 0.1) is 6.92 Å². The molecule has 0 bridgehead atoms. The van der Waals surface area contributed by atoms with Crippen LogP contribution in [0.5, 0.6) is 0 Å². The van der Waals surface area contributed by atoms with Crippen LogP contribution < -0.4 is 0 Å². The highest BCUT2D eigenvalue weighted by atomic mass is 32.2. The fourth-order valence-corrected chi connectivity index (χ4v) is 4.17. The summed E-state index contributed by atoms with van der Waals surface area (Å²) in [7, 11) is 0. The van der Waals surface area contributed by atoms with Gasteiger partial charge in [0.15, 0.2) is 0 Å². The summed E-state index contributed by atoms with van der Waals surface area (Å²) in [5.74, 6) is 2.42. The molecular formula is C17H24N2O2S. The molecule has 3 rings (SSSR count). The first-order chi connectivity index (χ1) is 10.7. The lowest BCUT2D eigenvalue weighted by Gasteiger charge is -2.37. The summed E-state index contributed by atoms with van der Waals surface area (Å²) in [6.45, 7) is 6.43. The number of aryl methyl sites for hydroxylation is 1. The summed E-state index contributed by atoms with van der Waals surface area (Å²) in [6.07, 6.45) is 0. The van der Waals surface area contributed by atoms with Crippen molar-refractivity contribution in [3.8, 4) is 0 Å². The molecule has 0 aliphatic carbocycles. The van der Waals surface area contributed by atoms with Gasteiger partial charge in [0.2, 0.25) is 5.91 Å². The molecule has 2 fully saturated rings. The molecule has 22 heavy (non-hydrogen) atoms. The second kappa shape index (κ2) is 7.49. The summed E-state index contributed by atoms with van der Waals surface area (Å²) in [6, 6.07) is 9.09. The van der Waals surface area contributed by atoms with Crippen molar-refractivity contribution in [2.75, 3.05) is 50.9 Å². The molecule has 0 spiro atoms. The SMILES string of the molecule is Cc1ccc([C@@H]2CSCCN2CC(=O)N2CCOCC2)cc1. The molecule has 1 amide bonds. The number of nitrogens with zero attached hydrogens (tertiary/aromatic N) is 2. The maximum atomic E-state index is 12.5. The Hall–Kier alpha value is -1.04. The molecule has 4 nitrogen and oxygen atoms in total. The average molecular weight is 320 g/mol. The summed E-state index contributed by atoms with van der Waals surface area (Å²) < 4.78 is 5.33. The topological polar surface area (TPSA) is 32.8 Å². The third kappa shape index (κ3) is 3.83. The van der Waals surface area contributed by atoms with Gasteiger partial charge in [0.05, 0.1) is 19.8 Å². The van der Waals surface area contributed by atoms with E-state index in [-0.39, 0.29) is 5.91 Å². The zero-order chi connectivity index (χ0) is 15.4. The van der Waals surface area contributed by atoms with Crippen molar-refractivity contribution in [1.29, 1.82) is 0 Å². The van der Waals surface area contributed by atoms with Crippen LogP contribution in [-0.4, -0.2) is 66.6 Å². The number of rotatable bonds is 3. The van der Waals surface area contributed by atoms with E-state index in [1.807, 2.05) is 16.7 Å². The van der Waals surface area contributed by atoms with E-state index in [4.69, 9.17) is 4.74 Å². The number of hydrogen-bond donors (Lipinski definition) is 0. The van der Waals surface area contributed by atoms with E-state index in [2.05, 4.69) is 36.1 Å². The van der Waals surface area contributed by atoms with Crippen LogP contribution in [0.15, 0.2) is 24.3 Å². The largest absolute Gasteiger partial charge is 0.378 e.